The van der Waals surface area contributed by atoms with Crippen LogP contribution in [-0.4, -0.2) is 37.9 Å². The monoisotopic (exact) mass is 258 g/mol. The number of hydrogen-bond acceptors (Lipinski definition) is 5. The average Bonchev–Trinajstić information content (AvgIpc) is 2.39. The first-order valence-corrected chi connectivity index (χ1v) is 6.08. The van der Waals surface area contributed by atoms with Crippen molar-refractivity contribution >= 4 is 11.9 Å². The summed E-state index contributed by atoms with van der Waals surface area (Å²) in [4.78, 5) is 22.1. The Bertz CT molecular complexity index is 275. The van der Waals surface area contributed by atoms with E-state index in [4.69, 9.17) is 14.2 Å². The van der Waals surface area contributed by atoms with Crippen molar-refractivity contribution in [2.45, 2.75) is 33.3 Å². The fourth-order valence-electron chi connectivity index (χ4n) is 1.01. The minimum absolute atomic E-state index is 0.0871. The maximum absolute atomic E-state index is 11.3. The van der Waals surface area contributed by atoms with Crippen LogP contribution in [0.2, 0.25) is 0 Å². The Morgan fingerprint density at radius 1 is 1.22 bits per heavy atom. The van der Waals surface area contributed by atoms with E-state index in [1.807, 2.05) is 13.8 Å². The maximum atomic E-state index is 11.3. The Balaban J connectivity index is 3.56. The van der Waals surface area contributed by atoms with Crippen LogP contribution in [0.25, 0.3) is 0 Å². The van der Waals surface area contributed by atoms with Gasteiger partial charge in [-0.1, -0.05) is 20.4 Å². The molecule has 2 atom stereocenters. The van der Waals surface area contributed by atoms with Crippen LogP contribution in [0.1, 0.15) is 27.2 Å². The normalized spacial score (nSPS) is 13.5. The van der Waals surface area contributed by atoms with E-state index in [1.165, 1.54) is 0 Å². The van der Waals surface area contributed by atoms with Crippen molar-refractivity contribution < 1.29 is 23.8 Å². The summed E-state index contributed by atoms with van der Waals surface area (Å²) < 4.78 is 15.1. The molecule has 0 saturated heterocycles. The van der Waals surface area contributed by atoms with E-state index >= 15 is 0 Å². The molecule has 0 heterocycles. The predicted octanol–water partition coefficient (Wildman–Crippen LogP) is 1.71. The average molecular weight is 258 g/mol. The van der Waals surface area contributed by atoms with Crippen molar-refractivity contribution in [3.63, 3.8) is 0 Å². The second kappa shape index (κ2) is 9.65. The van der Waals surface area contributed by atoms with Crippen molar-refractivity contribution in [1.29, 1.82) is 0 Å². The quantitative estimate of drug-likeness (QED) is 0.358. The van der Waals surface area contributed by atoms with Gasteiger partial charge in [-0.25, -0.2) is 4.79 Å². The van der Waals surface area contributed by atoms with E-state index in [1.54, 1.807) is 6.92 Å². The molecule has 2 unspecified atom stereocenters. The molecule has 0 radical (unpaired) electrons. The number of hydrogen-bond donors (Lipinski definition) is 0. The lowest BCUT2D eigenvalue weighted by atomic mass is 10.1. The first kappa shape index (κ1) is 16.6. The maximum Gasteiger partial charge on any atom is 0.330 e. The van der Waals surface area contributed by atoms with Crippen molar-refractivity contribution in [3.8, 4) is 0 Å². The molecule has 0 N–H and O–H groups in total. The second-order valence-electron chi connectivity index (χ2n) is 3.99. The number of esters is 2. The second-order valence-corrected chi connectivity index (χ2v) is 3.99. The molecule has 104 valence electrons. The molecule has 5 heteroatoms. The standard InChI is InChI=1S/C13H22O5/c1-5-10(3)13(15)17-8-7-16-11(4)9-18-12(14)6-2/h6,10-11H,2,5,7-9H2,1,3-4H3. The third-order valence-electron chi connectivity index (χ3n) is 2.37. The minimum atomic E-state index is -0.478. The van der Waals surface area contributed by atoms with Gasteiger partial charge in [0, 0.05) is 6.08 Å². The van der Waals surface area contributed by atoms with Crippen molar-refractivity contribution in [2.24, 2.45) is 5.92 Å². The fourth-order valence-corrected chi connectivity index (χ4v) is 1.01. The van der Waals surface area contributed by atoms with Gasteiger partial charge in [-0.15, -0.1) is 0 Å². The summed E-state index contributed by atoms with van der Waals surface area (Å²) in [6.07, 6.45) is 1.62. The summed E-state index contributed by atoms with van der Waals surface area (Å²) in [7, 11) is 0. The molecule has 0 amide bonds. The molecular weight excluding hydrogens is 236 g/mol. The van der Waals surface area contributed by atoms with Gasteiger partial charge < -0.3 is 14.2 Å². The van der Waals surface area contributed by atoms with Gasteiger partial charge in [0.2, 0.25) is 0 Å². The van der Waals surface area contributed by atoms with Gasteiger partial charge in [0.25, 0.3) is 0 Å². The molecule has 0 rings (SSSR count). The third-order valence-corrected chi connectivity index (χ3v) is 2.37. The summed E-state index contributed by atoms with van der Waals surface area (Å²) in [5.74, 6) is -0.781. The van der Waals surface area contributed by atoms with Gasteiger partial charge in [0.15, 0.2) is 0 Å². The zero-order chi connectivity index (χ0) is 14.0. The Labute approximate surface area is 108 Å². The summed E-state index contributed by atoms with van der Waals surface area (Å²) >= 11 is 0. The van der Waals surface area contributed by atoms with Crippen molar-refractivity contribution in [3.05, 3.63) is 12.7 Å². The molecule has 5 nitrogen and oxygen atoms in total. The molecule has 0 bridgehead atoms. The lowest BCUT2D eigenvalue weighted by Gasteiger charge is -2.13. The Hall–Kier alpha value is -1.36. The van der Waals surface area contributed by atoms with Gasteiger partial charge in [-0.2, -0.15) is 0 Å². The molecule has 0 aromatic rings. The molecule has 0 aliphatic carbocycles. The van der Waals surface area contributed by atoms with Crippen molar-refractivity contribution in [2.75, 3.05) is 19.8 Å². The molecule has 0 aliphatic heterocycles. The smallest absolute Gasteiger partial charge is 0.330 e. The molecule has 0 aromatic carbocycles. The van der Waals surface area contributed by atoms with Crippen LogP contribution in [0.5, 0.6) is 0 Å². The van der Waals surface area contributed by atoms with Crippen LogP contribution >= 0.6 is 0 Å². The molecule has 18 heavy (non-hydrogen) atoms. The molecule has 0 aromatic heterocycles. The highest BCUT2D eigenvalue weighted by Gasteiger charge is 2.12. The number of carbonyl (C=O) groups is 2. The van der Waals surface area contributed by atoms with E-state index in [9.17, 15) is 9.59 Å². The highest BCUT2D eigenvalue weighted by atomic mass is 16.6. The van der Waals surface area contributed by atoms with Gasteiger partial charge in [0.05, 0.1) is 18.6 Å². The minimum Gasteiger partial charge on any atom is -0.463 e. The number of rotatable bonds is 9. The largest absolute Gasteiger partial charge is 0.463 e. The van der Waals surface area contributed by atoms with Crippen LogP contribution in [0, 0.1) is 5.92 Å². The molecule has 0 aliphatic rings. The lowest BCUT2D eigenvalue weighted by molar-refractivity contribution is -0.150. The molecule has 0 fully saturated rings. The van der Waals surface area contributed by atoms with Gasteiger partial charge in [-0.3, -0.25) is 4.79 Å². The first-order valence-electron chi connectivity index (χ1n) is 6.08. The zero-order valence-electron chi connectivity index (χ0n) is 11.3. The Morgan fingerprint density at radius 3 is 2.44 bits per heavy atom. The van der Waals surface area contributed by atoms with Crippen LogP contribution in [-0.2, 0) is 23.8 Å². The van der Waals surface area contributed by atoms with Crippen LogP contribution in [0.15, 0.2) is 12.7 Å². The molecular formula is C13H22O5. The highest BCUT2D eigenvalue weighted by molar-refractivity contribution is 5.81. The van der Waals surface area contributed by atoms with Crippen molar-refractivity contribution in [1.82, 2.24) is 0 Å². The zero-order valence-corrected chi connectivity index (χ0v) is 11.3. The SMILES string of the molecule is C=CC(=O)OCC(C)OCCOC(=O)C(C)CC. The van der Waals surface area contributed by atoms with Crippen LogP contribution in [0.4, 0.5) is 0 Å². The molecule has 0 spiro atoms. The van der Waals surface area contributed by atoms with E-state index in [-0.39, 0.29) is 37.8 Å². The summed E-state index contributed by atoms with van der Waals surface area (Å²) in [6.45, 7) is 9.46. The summed E-state index contributed by atoms with van der Waals surface area (Å²) in [5, 5.41) is 0. The van der Waals surface area contributed by atoms with Gasteiger partial charge >= 0.3 is 11.9 Å². The summed E-state index contributed by atoms with van der Waals surface area (Å²) in [5.41, 5.74) is 0. The van der Waals surface area contributed by atoms with E-state index in [2.05, 4.69) is 6.58 Å². The third kappa shape index (κ3) is 7.84. The van der Waals surface area contributed by atoms with E-state index < -0.39 is 5.97 Å². The lowest BCUT2D eigenvalue weighted by Crippen LogP contribution is -2.22. The highest BCUT2D eigenvalue weighted by Crippen LogP contribution is 2.03. The predicted molar refractivity (Wildman–Crippen MR) is 67.0 cm³/mol. The van der Waals surface area contributed by atoms with Crippen LogP contribution < -0.4 is 0 Å². The number of ether oxygens (including phenoxy) is 3. The fraction of sp³-hybridized carbons (Fsp3) is 0.692. The topological polar surface area (TPSA) is 61.8 Å². The Morgan fingerprint density at radius 2 is 1.89 bits per heavy atom. The van der Waals surface area contributed by atoms with E-state index in [0.717, 1.165) is 12.5 Å². The van der Waals surface area contributed by atoms with Gasteiger partial charge in [-0.05, 0) is 13.3 Å². The first-order chi connectivity index (χ1) is 8.51. The Kier molecular flexibility index (Phi) is 8.92. The molecule has 0 saturated carbocycles. The van der Waals surface area contributed by atoms with Gasteiger partial charge in [0.1, 0.15) is 13.2 Å². The van der Waals surface area contributed by atoms with E-state index in [0.29, 0.717) is 0 Å². The summed E-state index contributed by atoms with van der Waals surface area (Å²) in [6, 6.07) is 0. The van der Waals surface area contributed by atoms with Crippen LogP contribution in [0.3, 0.4) is 0 Å². The number of carbonyl (C=O) groups excluding carboxylic acids is 2.